The third-order valence-corrected chi connectivity index (χ3v) is 1.80. The van der Waals surface area contributed by atoms with Crippen molar-refractivity contribution in [1.82, 2.24) is 4.98 Å². The lowest BCUT2D eigenvalue weighted by molar-refractivity contribution is 0.0812. The molecule has 1 aromatic heterocycles. The van der Waals surface area contributed by atoms with E-state index in [1.54, 1.807) is 0 Å². The number of rotatable bonds is 4. The smallest absolute Gasteiger partial charge is 0.272 e. The van der Waals surface area contributed by atoms with Crippen LogP contribution in [0.2, 0.25) is 5.02 Å². The molecule has 0 saturated carbocycles. The largest absolute Gasteiger partial charge is 0.486 e. The minimum atomic E-state index is -2.49. The maximum Gasteiger partial charge on any atom is 0.272 e. The van der Waals surface area contributed by atoms with Crippen molar-refractivity contribution in [1.29, 1.82) is 0 Å². The second kappa shape index (κ2) is 8.28. The van der Waals surface area contributed by atoms with Crippen LogP contribution in [-0.2, 0) is 6.42 Å². The van der Waals surface area contributed by atoms with Crippen molar-refractivity contribution in [2.45, 2.75) is 33.6 Å². The zero-order chi connectivity index (χ0) is 12.6. The number of pyridine rings is 1. The average Bonchev–Trinajstić information content (AvgIpc) is 2.29. The quantitative estimate of drug-likeness (QED) is 0.808. The summed E-state index contributed by atoms with van der Waals surface area (Å²) >= 11 is 5.66. The Morgan fingerprint density at radius 3 is 2.56 bits per heavy atom. The Bertz CT molecular complexity index is 308. The Labute approximate surface area is 99.6 Å². The van der Waals surface area contributed by atoms with Gasteiger partial charge in [-0.3, -0.25) is 4.98 Å². The summed E-state index contributed by atoms with van der Waals surface area (Å²) in [5.74, 6) is 0.334. The fourth-order valence-electron chi connectivity index (χ4n) is 0.992. The summed E-state index contributed by atoms with van der Waals surface area (Å²) in [7, 11) is 0. The molecule has 16 heavy (non-hydrogen) atoms. The van der Waals surface area contributed by atoms with Gasteiger partial charge in [-0.15, -0.1) is 0 Å². The zero-order valence-corrected chi connectivity index (χ0v) is 10.4. The molecule has 0 fully saturated rings. The van der Waals surface area contributed by atoms with Crippen LogP contribution < -0.4 is 4.74 Å². The molecule has 5 heteroatoms. The van der Waals surface area contributed by atoms with Crippen LogP contribution >= 0.6 is 11.6 Å². The Hall–Kier alpha value is -0.900. The molecule has 0 aliphatic rings. The molecule has 0 aliphatic heterocycles. The standard InChI is InChI=1S/C9H10ClF2NO.C2H6/c1-2-7-8(14-5-9(11)12)3-6(10)4-13-7;1-2/h3-4,9H,2,5H2,1H3;1-2H3. The molecule has 0 aliphatic carbocycles. The van der Waals surface area contributed by atoms with Crippen molar-refractivity contribution >= 4 is 11.6 Å². The maximum absolute atomic E-state index is 11.9. The maximum atomic E-state index is 11.9. The monoisotopic (exact) mass is 251 g/mol. The number of nitrogens with zero attached hydrogens (tertiary/aromatic N) is 1. The topological polar surface area (TPSA) is 22.1 Å². The van der Waals surface area contributed by atoms with E-state index in [1.165, 1.54) is 12.3 Å². The number of hydrogen-bond acceptors (Lipinski definition) is 2. The summed E-state index contributed by atoms with van der Waals surface area (Å²) in [6.45, 7) is 5.24. The van der Waals surface area contributed by atoms with Crippen molar-refractivity contribution in [2.75, 3.05) is 6.61 Å². The van der Waals surface area contributed by atoms with E-state index in [1.807, 2.05) is 20.8 Å². The molecule has 0 radical (unpaired) electrons. The highest BCUT2D eigenvalue weighted by Gasteiger charge is 2.08. The van der Waals surface area contributed by atoms with Crippen LogP contribution in [0.5, 0.6) is 5.75 Å². The lowest BCUT2D eigenvalue weighted by Gasteiger charge is -2.09. The molecular weight excluding hydrogens is 236 g/mol. The summed E-state index contributed by atoms with van der Waals surface area (Å²) in [4.78, 5) is 3.97. The Kier molecular flexibility index (Phi) is 7.81. The average molecular weight is 252 g/mol. The molecule has 0 atom stereocenters. The van der Waals surface area contributed by atoms with Crippen LogP contribution in [0, 0.1) is 0 Å². The van der Waals surface area contributed by atoms with Crippen molar-refractivity contribution in [3.05, 3.63) is 23.0 Å². The summed E-state index contributed by atoms with van der Waals surface area (Å²) < 4.78 is 28.6. The molecule has 1 heterocycles. The third-order valence-electron chi connectivity index (χ3n) is 1.60. The number of ether oxygens (including phenoxy) is 1. The fourth-order valence-corrected chi connectivity index (χ4v) is 1.14. The molecule has 0 amide bonds. The first-order valence-corrected chi connectivity index (χ1v) is 5.56. The van der Waals surface area contributed by atoms with Gasteiger partial charge >= 0.3 is 0 Å². The zero-order valence-electron chi connectivity index (χ0n) is 9.64. The van der Waals surface area contributed by atoms with Crippen molar-refractivity contribution < 1.29 is 13.5 Å². The van der Waals surface area contributed by atoms with E-state index < -0.39 is 13.0 Å². The highest BCUT2D eigenvalue weighted by molar-refractivity contribution is 6.30. The van der Waals surface area contributed by atoms with Gasteiger partial charge in [-0.2, -0.15) is 0 Å². The van der Waals surface area contributed by atoms with Gasteiger partial charge in [0.05, 0.1) is 10.7 Å². The Morgan fingerprint density at radius 1 is 1.44 bits per heavy atom. The molecular formula is C11H16ClF2NO. The van der Waals surface area contributed by atoms with E-state index in [0.717, 1.165) is 0 Å². The summed E-state index contributed by atoms with van der Waals surface area (Å²) in [5, 5.41) is 0.381. The minimum absolute atomic E-state index is 0.334. The van der Waals surface area contributed by atoms with E-state index in [-0.39, 0.29) is 0 Å². The van der Waals surface area contributed by atoms with Crippen molar-refractivity contribution in [3.8, 4) is 5.75 Å². The first-order valence-electron chi connectivity index (χ1n) is 5.18. The molecule has 0 bridgehead atoms. The normalized spacial score (nSPS) is 9.69. The van der Waals surface area contributed by atoms with E-state index in [9.17, 15) is 8.78 Å². The van der Waals surface area contributed by atoms with E-state index >= 15 is 0 Å². The van der Waals surface area contributed by atoms with Crippen LogP contribution in [-0.4, -0.2) is 18.0 Å². The van der Waals surface area contributed by atoms with Gasteiger partial charge in [-0.1, -0.05) is 32.4 Å². The van der Waals surface area contributed by atoms with Crippen molar-refractivity contribution in [3.63, 3.8) is 0 Å². The minimum Gasteiger partial charge on any atom is -0.486 e. The van der Waals surface area contributed by atoms with Crippen molar-refractivity contribution in [2.24, 2.45) is 0 Å². The molecule has 0 saturated heterocycles. The van der Waals surface area contributed by atoms with Gasteiger partial charge in [0.2, 0.25) is 0 Å². The number of halogens is 3. The number of hydrogen-bond donors (Lipinski definition) is 0. The number of aromatic nitrogens is 1. The second-order valence-electron chi connectivity index (χ2n) is 2.65. The lowest BCUT2D eigenvalue weighted by atomic mass is 10.3. The summed E-state index contributed by atoms with van der Waals surface area (Å²) in [6, 6.07) is 1.50. The van der Waals surface area contributed by atoms with E-state index in [0.29, 0.717) is 22.9 Å². The molecule has 0 unspecified atom stereocenters. The SMILES string of the molecule is CC.CCc1ncc(Cl)cc1OCC(F)F. The highest BCUT2D eigenvalue weighted by atomic mass is 35.5. The van der Waals surface area contributed by atoms with Gasteiger partial charge in [0.25, 0.3) is 6.43 Å². The first kappa shape index (κ1) is 15.1. The second-order valence-corrected chi connectivity index (χ2v) is 3.09. The van der Waals surface area contributed by atoms with Gasteiger partial charge in [-0.25, -0.2) is 8.78 Å². The predicted molar refractivity (Wildman–Crippen MR) is 61.5 cm³/mol. The van der Waals surface area contributed by atoms with Gasteiger partial charge in [0, 0.05) is 12.3 Å². The predicted octanol–water partition coefficient (Wildman–Crippen LogP) is 3.97. The Balaban J connectivity index is 0.00000106. The van der Waals surface area contributed by atoms with Gasteiger partial charge in [-0.05, 0) is 6.42 Å². The van der Waals surface area contributed by atoms with Crippen LogP contribution in [0.1, 0.15) is 26.5 Å². The van der Waals surface area contributed by atoms with E-state index in [2.05, 4.69) is 4.98 Å². The summed E-state index contributed by atoms with van der Waals surface area (Å²) in [5.41, 5.74) is 0.634. The van der Waals surface area contributed by atoms with Crippen LogP contribution in [0.3, 0.4) is 0 Å². The molecule has 0 N–H and O–H groups in total. The third kappa shape index (κ3) is 5.26. The number of alkyl halides is 2. The summed E-state index contributed by atoms with van der Waals surface area (Å²) in [6.07, 6.45) is -0.399. The number of aryl methyl sites for hydroxylation is 1. The molecule has 1 aromatic rings. The fraction of sp³-hybridized carbons (Fsp3) is 0.545. The van der Waals surface area contributed by atoms with Crippen LogP contribution in [0.25, 0.3) is 0 Å². The molecule has 2 nitrogen and oxygen atoms in total. The molecule has 0 aromatic carbocycles. The Morgan fingerprint density at radius 2 is 2.06 bits per heavy atom. The van der Waals surface area contributed by atoms with E-state index in [4.69, 9.17) is 16.3 Å². The lowest BCUT2D eigenvalue weighted by Crippen LogP contribution is -2.08. The van der Waals surface area contributed by atoms with Gasteiger partial charge in [0.1, 0.15) is 12.4 Å². The first-order chi connectivity index (χ1) is 7.63. The molecule has 0 spiro atoms. The highest BCUT2D eigenvalue weighted by Crippen LogP contribution is 2.21. The molecule has 1 rings (SSSR count). The van der Waals surface area contributed by atoms with Gasteiger partial charge in [0.15, 0.2) is 0 Å². The van der Waals surface area contributed by atoms with Crippen LogP contribution in [0.15, 0.2) is 12.3 Å². The molecule has 92 valence electrons. The van der Waals surface area contributed by atoms with Crippen LogP contribution in [0.4, 0.5) is 8.78 Å². The van der Waals surface area contributed by atoms with Gasteiger partial charge < -0.3 is 4.74 Å².